The number of aromatic nitrogens is 2. The molecule has 5 heteroatoms. The molecule has 0 aliphatic carbocycles. The number of amides is 1. The summed E-state index contributed by atoms with van der Waals surface area (Å²) in [7, 11) is 0. The summed E-state index contributed by atoms with van der Waals surface area (Å²) < 4.78 is 0. The third-order valence-corrected chi connectivity index (χ3v) is 2.95. The Bertz CT molecular complexity index is 367. The first-order valence-electron chi connectivity index (χ1n) is 5.87. The van der Waals surface area contributed by atoms with Crippen molar-refractivity contribution in [2.24, 2.45) is 5.92 Å². The first-order chi connectivity index (χ1) is 8.08. The predicted octanol–water partition coefficient (Wildman–Crippen LogP) is 2.64. The highest BCUT2D eigenvalue weighted by molar-refractivity contribution is 6.29. The zero-order valence-corrected chi connectivity index (χ0v) is 11.2. The van der Waals surface area contributed by atoms with Gasteiger partial charge in [-0.25, -0.2) is 0 Å². The van der Waals surface area contributed by atoms with Crippen LogP contribution < -0.4 is 0 Å². The normalized spacial score (nSPS) is 12.2. The van der Waals surface area contributed by atoms with E-state index in [0.717, 1.165) is 13.0 Å². The van der Waals surface area contributed by atoms with Crippen LogP contribution >= 0.6 is 11.6 Å². The predicted molar refractivity (Wildman–Crippen MR) is 68.1 cm³/mol. The average Bonchev–Trinajstić information content (AvgIpc) is 2.35. The summed E-state index contributed by atoms with van der Waals surface area (Å²) in [5.41, 5.74) is 0.347. The van der Waals surface area contributed by atoms with Crippen LogP contribution in [-0.4, -0.2) is 34.1 Å². The van der Waals surface area contributed by atoms with Crippen molar-refractivity contribution in [2.45, 2.75) is 27.2 Å². The first kappa shape index (κ1) is 13.9. The summed E-state index contributed by atoms with van der Waals surface area (Å²) in [5.74, 6) is 0.399. The van der Waals surface area contributed by atoms with Gasteiger partial charge in [-0.1, -0.05) is 31.9 Å². The average molecular weight is 256 g/mol. The number of halogens is 1. The van der Waals surface area contributed by atoms with Crippen LogP contribution in [0.1, 0.15) is 37.7 Å². The topological polar surface area (TPSA) is 46.1 Å². The fraction of sp³-hybridized carbons (Fsp3) is 0.583. The van der Waals surface area contributed by atoms with Crippen LogP contribution in [-0.2, 0) is 0 Å². The molecule has 0 fully saturated rings. The van der Waals surface area contributed by atoms with E-state index < -0.39 is 0 Å². The molecule has 0 aliphatic heterocycles. The minimum absolute atomic E-state index is 0.0861. The zero-order valence-electron chi connectivity index (χ0n) is 10.5. The Hall–Kier alpha value is -1.16. The quantitative estimate of drug-likeness (QED) is 0.813. The van der Waals surface area contributed by atoms with Gasteiger partial charge in [0.15, 0.2) is 10.8 Å². The second kappa shape index (κ2) is 6.55. The van der Waals surface area contributed by atoms with Gasteiger partial charge in [0.2, 0.25) is 0 Å². The van der Waals surface area contributed by atoms with Crippen LogP contribution in [0, 0.1) is 5.92 Å². The van der Waals surface area contributed by atoms with Crippen LogP contribution in [0.2, 0.25) is 5.15 Å². The molecule has 0 aromatic carbocycles. The highest BCUT2D eigenvalue weighted by Crippen LogP contribution is 2.09. The van der Waals surface area contributed by atoms with Crippen molar-refractivity contribution >= 4 is 17.5 Å². The maximum absolute atomic E-state index is 12.1. The van der Waals surface area contributed by atoms with Gasteiger partial charge in [0, 0.05) is 13.1 Å². The Balaban J connectivity index is 2.75. The highest BCUT2D eigenvalue weighted by atomic mass is 35.5. The Morgan fingerprint density at radius 1 is 1.41 bits per heavy atom. The molecule has 1 aromatic rings. The zero-order chi connectivity index (χ0) is 12.8. The Kier molecular flexibility index (Phi) is 5.35. The minimum Gasteiger partial charge on any atom is -0.337 e. The number of rotatable bonds is 5. The van der Waals surface area contributed by atoms with Crippen molar-refractivity contribution in [3.63, 3.8) is 0 Å². The standard InChI is InChI=1S/C12H18ClN3O/c1-4-9(3)8-16(5-2)12(17)10-6-7-11(13)15-14-10/h6-7,9H,4-5,8H2,1-3H3. The van der Waals surface area contributed by atoms with Crippen LogP contribution in [0.15, 0.2) is 12.1 Å². The summed E-state index contributed by atoms with van der Waals surface area (Å²) in [5, 5.41) is 7.79. The smallest absolute Gasteiger partial charge is 0.274 e. The summed E-state index contributed by atoms with van der Waals surface area (Å²) in [6.07, 6.45) is 1.05. The van der Waals surface area contributed by atoms with Crippen molar-refractivity contribution in [1.82, 2.24) is 15.1 Å². The molecule has 1 atom stereocenters. The number of hydrogen-bond acceptors (Lipinski definition) is 3. The number of carbonyl (C=O) groups excluding carboxylic acids is 1. The summed E-state index contributed by atoms with van der Waals surface area (Å²) in [6, 6.07) is 3.19. The molecule has 4 nitrogen and oxygen atoms in total. The van der Waals surface area contributed by atoms with Gasteiger partial charge in [0.05, 0.1) is 0 Å². The Morgan fingerprint density at radius 2 is 2.12 bits per heavy atom. The Labute approximate surface area is 107 Å². The van der Waals surface area contributed by atoms with E-state index in [2.05, 4.69) is 24.0 Å². The lowest BCUT2D eigenvalue weighted by Gasteiger charge is -2.23. The van der Waals surface area contributed by atoms with E-state index in [0.29, 0.717) is 23.3 Å². The highest BCUT2D eigenvalue weighted by Gasteiger charge is 2.17. The van der Waals surface area contributed by atoms with Crippen molar-refractivity contribution in [2.75, 3.05) is 13.1 Å². The van der Waals surface area contributed by atoms with Crippen molar-refractivity contribution < 1.29 is 4.79 Å². The molecular weight excluding hydrogens is 238 g/mol. The second-order valence-corrected chi connectivity index (χ2v) is 4.49. The van der Waals surface area contributed by atoms with Gasteiger partial charge < -0.3 is 4.90 Å². The van der Waals surface area contributed by atoms with E-state index in [1.807, 2.05) is 6.92 Å². The van der Waals surface area contributed by atoms with Gasteiger partial charge in [0.1, 0.15) is 0 Å². The molecule has 0 N–H and O–H groups in total. The molecule has 1 heterocycles. The molecule has 1 unspecified atom stereocenters. The number of hydrogen-bond donors (Lipinski definition) is 0. The van der Waals surface area contributed by atoms with Crippen molar-refractivity contribution in [3.8, 4) is 0 Å². The molecule has 1 amide bonds. The molecule has 0 aliphatic rings. The van der Waals surface area contributed by atoms with Crippen molar-refractivity contribution in [1.29, 1.82) is 0 Å². The van der Waals surface area contributed by atoms with Gasteiger partial charge in [-0.2, -0.15) is 0 Å². The van der Waals surface area contributed by atoms with Crippen LogP contribution in [0.25, 0.3) is 0 Å². The third kappa shape index (κ3) is 3.97. The van der Waals surface area contributed by atoms with E-state index in [1.54, 1.807) is 17.0 Å². The van der Waals surface area contributed by atoms with Crippen molar-refractivity contribution in [3.05, 3.63) is 23.0 Å². The van der Waals surface area contributed by atoms with Crippen LogP contribution in [0.4, 0.5) is 0 Å². The Morgan fingerprint density at radius 3 is 2.59 bits per heavy atom. The maximum Gasteiger partial charge on any atom is 0.274 e. The summed E-state index contributed by atoms with van der Waals surface area (Å²) in [6.45, 7) is 7.63. The fourth-order valence-electron chi connectivity index (χ4n) is 1.45. The van der Waals surface area contributed by atoms with E-state index in [-0.39, 0.29) is 5.91 Å². The molecule has 17 heavy (non-hydrogen) atoms. The summed E-state index contributed by atoms with van der Waals surface area (Å²) >= 11 is 5.64. The summed E-state index contributed by atoms with van der Waals surface area (Å²) in [4.78, 5) is 13.9. The van der Waals surface area contributed by atoms with E-state index in [1.165, 1.54) is 0 Å². The molecule has 0 bridgehead atoms. The third-order valence-electron chi connectivity index (χ3n) is 2.75. The minimum atomic E-state index is -0.0861. The largest absolute Gasteiger partial charge is 0.337 e. The molecule has 0 saturated carbocycles. The maximum atomic E-state index is 12.1. The lowest BCUT2D eigenvalue weighted by Crippen LogP contribution is -2.35. The monoisotopic (exact) mass is 255 g/mol. The van der Waals surface area contributed by atoms with Gasteiger partial charge in [-0.3, -0.25) is 4.79 Å². The lowest BCUT2D eigenvalue weighted by atomic mass is 10.1. The number of nitrogens with zero attached hydrogens (tertiary/aromatic N) is 3. The van der Waals surface area contributed by atoms with Gasteiger partial charge in [-0.15, -0.1) is 10.2 Å². The van der Waals surface area contributed by atoms with Crippen LogP contribution in [0.5, 0.6) is 0 Å². The molecule has 0 saturated heterocycles. The van der Waals surface area contributed by atoms with E-state index >= 15 is 0 Å². The van der Waals surface area contributed by atoms with Gasteiger partial charge in [0.25, 0.3) is 5.91 Å². The van der Waals surface area contributed by atoms with Crippen LogP contribution in [0.3, 0.4) is 0 Å². The molecule has 0 radical (unpaired) electrons. The molecular formula is C12H18ClN3O. The van der Waals surface area contributed by atoms with Gasteiger partial charge in [-0.05, 0) is 25.0 Å². The molecule has 1 rings (SSSR count). The first-order valence-corrected chi connectivity index (χ1v) is 6.24. The van der Waals surface area contributed by atoms with E-state index in [4.69, 9.17) is 11.6 Å². The number of carbonyl (C=O) groups is 1. The SMILES string of the molecule is CCC(C)CN(CC)C(=O)c1ccc(Cl)nn1. The fourth-order valence-corrected chi connectivity index (χ4v) is 1.55. The molecule has 94 valence electrons. The van der Waals surface area contributed by atoms with Gasteiger partial charge >= 0.3 is 0 Å². The molecule has 1 aromatic heterocycles. The van der Waals surface area contributed by atoms with E-state index in [9.17, 15) is 4.79 Å². The lowest BCUT2D eigenvalue weighted by molar-refractivity contribution is 0.0733. The second-order valence-electron chi connectivity index (χ2n) is 4.10. The molecule has 0 spiro atoms.